The van der Waals surface area contributed by atoms with Crippen molar-refractivity contribution < 1.29 is 4.39 Å². The SMILES string of the molecule is NC(Cc1cccc(Cl)c1Cl)c1cccc(F)c1. The van der Waals surface area contributed by atoms with Crippen molar-refractivity contribution in [3.63, 3.8) is 0 Å². The van der Waals surface area contributed by atoms with Gasteiger partial charge in [0.05, 0.1) is 10.0 Å². The fourth-order valence-corrected chi connectivity index (χ4v) is 2.20. The maximum absolute atomic E-state index is 13.1. The van der Waals surface area contributed by atoms with E-state index in [2.05, 4.69) is 0 Å². The predicted molar refractivity (Wildman–Crippen MR) is 73.5 cm³/mol. The van der Waals surface area contributed by atoms with Gasteiger partial charge in [-0.25, -0.2) is 4.39 Å². The largest absolute Gasteiger partial charge is 0.324 e. The van der Waals surface area contributed by atoms with Crippen LogP contribution in [0.25, 0.3) is 0 Å². The van der Waals surface area contributed by atoms with Crippen molar-refractivity contribution >= 4 is 23.2 Å². The maximum atomic E-state index is 13.1. The molecule has 0 aliphatic rings. The van der Waals surface area contributed by atoms with Crippen molar-refractivity contribution in [1.29, 1.82) is 0 Å². The first-order valence-corrected chi connectivity index (χ1v) is 6.27. The maximum Gasteiger partial charge on any atom is 0.123 e. The van der Waals surface area contributed by atoms with Gasteiger partial charge in [0, 0.05) is 6.04 Å². The van der Waals surface area contributed by atoms with E-state index >= 15 is 0 Å². The van der Waals surface area contributed by atoms with Gasteiger partial charge in [-0.15, -0.1) is 0 Å². The quantitative estimate of drug-likeness (QED) is 0.889. The Balaban J connectivity index is 2.21. The van der Waals surface area contributed by atoms with Crippen LogP contribution in [-0.4, -0.2) is 0 Å². The molecule has 4 heteroatoms. The summed E-state index contributed by atoms with van der Waals surface area (Å²) < 4.78 is 13.1. The van der Waals surface area contributed by atoms with Crippen molar-refractivity contribution in [1.82, 2.24) is 0 Å². The smallest absolute Gasteiger partial charge is 0.123 e. The third-order valence-electron chi connectivity index (χ3n) is 2.75. The monoisotopic (exact) mass is 283 g/mol. The van der Waals surface area contributed by atoms with Crippen LogP contribution in [0.3, 0.4) is 0 Å². The Kier molecular flexibility index (Phi) is 4.23. The zero-order valence-electron chi connectivity index (χ0n) is 9.54. The third-order valence-corrected chi connectivity index (χ3v) is 3.61. The first-order chi connectivity index (χ1) is 8.58. The fraction of sp³-hybridized carbons (Fsp3) is 0.143. The first kappa shape index (κ1) is 13.3. The van der Waals surface area contributed by atoms with Crippen molar-refractivity contribution in [2.45, 2.75) is 12.5 Å². The van der Waals surface area contributed by atoms with Gasteiger partial charge in [-0.05, 0) is 35.7 Å². The van der Waals surface area contributed by atoms with Gasteiger partial charge in [0.15, 0.2) is 0 Å². The average Bonchev–Trinajstić information content (AvgIpc) is 2.35. The fourth-order valence-electron chi connectivity index (χ4n) is 1.80. The van der Waals surface area contributed by atoms with Gasteiger partial charge < -0.3 is 5.73 Å². The minimum Gasteiger partial charge on any atom is -0.324 e. The normalized spacial score (nSPS) is 12.4. The minimum atomic E-state index is -0.309. The first-order valence-electron chi connectivity index (χ1n) is 5.52. The lowest BCUT2D eigenvalue weighted by Crippen LogP contribution is -2.13. The van der Waals surface area contributed by atoms with Crippen molar-refractivity contribution in [3.05, 3.63) is 69.5 Å². The lowest BCUT2D eigenvalue weighted by Gasteiger charge is -2.13. The van der Waals surface area contributed by atoms with Crippen LogP contribution in [0.4, 0.5) is 4.39 Å². The number of nitrogens with two attached hydrogens (primary N) is 1. The number of hydrogen-bond acceptors (Lipinski definition) is 1. The van der Waals surface area contributed by atoms with Crippen molar-refractivity contribution in [2.24, 2.45) is 5.73 Å². The molecule has 0 aromatic heterocycles. The summed E-state index contributed by atoms with van der Waals surface area (Å²) in [5.41, 5.74) is 7.65. The molecular weight excluding hydrogens is 272 g/mol. The van der Waals surface area contributed by atoms with Crippen LogP contribution in [-0.2, 0) is 6.42 Å². The topological polar surface area (TPSA) is 26.0 Å². The van der Waals surface area contributed by atoms with E-state index in [1.54, 1.807) is 18.2 Å². The Hall–Kier alpha value is -1.09. The summed E-state index contributed by atoms with van der Waals surface area (Å²) in [5.74, 6) is -0.292. The second-order valence-corrected chi connectivity index (χ2v) is 4.86. The Morgan fingerprint density at radius 3 is 2.56 bits per heavy atom. The van der Waals surface area contributed by atoms with Crippen LogP contribution in [0.2, 0.25) is 10.0 Å². The predicted octanol–water partition coefficient (Wildman–Crippen LogP) is 4.38. The van der Waals surface area contributed by atoms with Crippen LogP contribution in [0.5, 0.6) is 0 Å². The molecule has 0 spiro atoms. The Morgan fingerprint density at radius 2 is 1.83 bits per heavy atom. The molecule has 2 N–H and O–H groups in total. The van der Waals surface area contributed by atoms with Crippen LogP contribution >= 0.6 is 23.2 Å². The van der Waals surface area contributed by atoms with Crippen LogP contribution in [0, 0.1) is 5.82 Å². The standard InChI is InChI=1S/C14H12Cl2FN/c15-12-6-2-4-10(14(12)16)8-13(18)9-3-1-5-11(17)7-9/h1-7,13H,8,18H2. The summed E-state index contributed by atoms with van der Waals surface area (Å²) >= 11 is 12.0. The minimum absolute atomic E-state index is 0.292. The molecule has 1 unspecified atom stereocenters. The molecule has 0 saturated carbocycles. The van der Waals surface area contributed by atoms with E-state index in [1.807, 2.05) is 12.1 Å². The molecule has 18 heavy (non-hydrogen) atoms. The molecule has 0 heterocycles. The van der Waals surface area contributed by atoms with E-state index in [-0.39, 0.29) is 11.9 Å². The molecule has 0 saturated heterocycles. The highest BCUT2D eigenvalue weighted by Crippen LogP contribution is 2.28. The van der Waals surface area contributed by atoms with E-state index in [0.29, 0.717) is 16.5 Å². The molecule has 2 rings (SSSR count). The molecular formula is C14H12Cl2FN. The molecule has 0 bridgehead atoms. The number of halogens is 3. The Bertz CT molecular complexity index is 557. The highest BCUT2D eigenvalue weighted by molar-refractivity contribution is 6.42. The molecule has 1 atom stereocenters. The second kappa shape index (κ2) is 5.70. The summed E-state index contributed by atoms with van der Waals surface area (Å²) in [5, 5.41) is 1.01. The van der Waals surface area contributed by atoms with Crippen LogP contribution in [0.1, 0.15) is 17.2 Å². The van der Waals surface area contributed by atoms with Gasteiger partial charge in [-0.1, -0.05) is 47.5 Å². The third kappa shape index (κ3) is 3.02. The summed E-state index contributed by atoms with van der Waals surface area (Å²) in [4.78, 5) is 0. The van der Waals surface area contributed by atoms with E-state index in [4.69, 9.17) is 28.9 Å². The number of hydrogen-bond donors (Lipinski definition) is 1. The van der Waals surface area contributed by atoms with Gasteiger partial charge in [-0.3, -0.25) is 0 Å². The lowest BCUT2D eigenvalue weighted by molar-refractivity contribution is 0.618. The average molecular weight is 284 g/mol. The number of benzene rings is 2. The molecule has 0 amide bonds. The van der Waals surface area contributed by atoms with Gasteiger partial charge in [0.25, 0.3) is 0 Å². The van der Waals surface area contributed by atoms with E-state index in [9.17, 15) is 4.39 Å². The number of rotatable bonds is 3. The van der Waals surface area contributed by atoms with E-state index in [1.165, 1.54) is 12.1 Å². The van der Waals surface area contributed by atoms with Gasteiger partial charge >= 0.3 is 0 Å². The molecule has 0 aliphatic carbocycles. The van der Waals surface area contributed by atoms with Crippen molar-refractivity contribution in [2.75, 3.05) is 0 Å². The summed E-state index contributed by atoms with van der Waals surface area (Å²) in [6.45, 7) is 0. The zero-order chi connectivity index (χ0) is 13.1. The van der Waals surface area contributed by atoms with Gasteiger partial charge in [0.2, 0.25) is 0 Å². The molecule has 1 nitrogen and oxygen atoms in total. The van der Waals surface area contributed by atoms with E-state index in [0.717, 1.165) is 11.1 Å². The lowest BCUT2D eigenvalue weighted by atomic mass is 9.99. The second-order valence-electron chi connectivity index (χ2n) is 4.08. The Labute approximate surface area is 115 Å². The molecule has 0 fully saturated rings. The zero-order valence-corrected chi connectivity index (χ0v) is 11.0. The Morgan fingerprint density at radius 1 is 1.11 bits per heavy atom. The highest BCUT2D eigenvalue weighted by atomic mass is 35.5. The van der Waals surface area contributed by atoms with E-state index < -0.39 is 0 Å². The summed E-state index contributed by atoms with van der Waals surface area (Å²) in [7, 11) is 0. The summed E-state index contributed by atoms with van der Waals surface area (Å²) in [6, 6.07) is 11.4. The van der Waals surface area contributed by atoms with Gasteiger partial charge in [-0.2, -0.15) is 0 Å². The molecule has 94 valence electrons. The van der Waals surface area contributed by atoms with Gasteiger partial charge in [0.1, 0.15) is 5.82 Å². The molecule has 2 aromatic carbocycles. The molecule has 2 aromatic rings. The highest BCUT2D eigenvalue weighted by Gasteiger charge is 2.11. The van der Waals surface area contributed by atoms with Crippen LogP contribution < -0.4 is 5.73 Å². The molecule has 0 aliphatic heterocycles. The van der Waals surface area contributed by atoms with Crippen LogP contribution in [0.15, 0.2) is 42.5 Å². The van der Waals surface area contributed by atoms with Crippen molar-refractivity contribution in [3.8, 4) is 0 Å². The molecule has 0 radical (unpaired) electrons. The summed E-state index contributed by atoms with van der Waals surface area (Å²) in [6.07, 6.45) is 0.517.